The van der Waals surface area contributed by atoms with Crippen LogP contribution in [0.4, 0.5) is 0 Å². The maximum atomic E-state index is 5.94. The molecule has 3 heteroatoms. The standard InChI is InChI=1S/C16H18ClNO/c1-2-9-18-12-13-5-3-7-15(10-13)19-16-8-4-6-14(17)11-16/h3-8,10-11,18H,2,9,12H2,1H3. The van der Waals surface area contributed by atoms with Crippen LogP contribution in [0.3, 0.4) is 0 Å². The van der Waals surface area contributed by atoms with Crippen LogP contribution in [0.1, 0.15) is 18.9 Å². The molecule has 0 aliphatic carbocycles. The average Bonchev–Trinajstić information content (AvgIpc) is 2.39. The summed E-state index contributed by atoms with van der Waals surface area (Å²) in [6.45, 7) is 4.05. The minimum absolute atomic E-state index is 0.679. The van der Waals surface area contributed by atoms with Crippen LogP contribution in [-0.2, 0) is 6.54 Å². The molecular weight excluding hydrogens is 258 g/mol. The van der Waals surface area contributed by atoms with E-state index in [2.05, 4.69) is 18.3 Å². The molecule has 0 unspecified atom stereocenters. The molecule has 0 radical (unpaired) electrons. The minimum Gasteiger partial charge on any atom is -0.457 e. The van der Waals surface area contributed by atoms with E-state index in [1.54, 1.807) is 0 Å². The molecule has 0 atom stereocenters. The molecule has 0 saturated carbocycles. The van der Waals surface area contributed by atoms with Crippen LogP contribution in [0.15, 0.2) is 48.5 Å². The van der Waals surface area contributed by atoms with Gasteiger partial charge in [0.2, 0.25) is 0 Å². The van der Waals surface area contributed by atoms with Gasteiger partial charge in [0.05, 0.1) is 0 Å². The van der Waals surface area contributed by atoms with E-state index in [1.807, 2.05) is 42.5 Å². The fourth-order valence-electron chi connectivity index (χ4n) is 1.80. The van der Waals surface area contributed by atoms with E-state index < -0.39 is 0 Å². The Morgan fingerprint density at radius 2 is 1.79 bits per heavy atom. The summed E-state index contributed by atoms with van der Waals surface area (Å²) in [5.74, 6) is 1.59. The summed E-state index contributed by atoms with van der Waals surface area (Å²) < 4.78 is 5.79. The zero-order valence-corrected chi connectivity index (χ0v) is 11.8. The maximum Gasteiger partial charge on any atom is 0.128 e. The van der Waals surface area contributed by atoms with Crippen LogP contribution in [0.5, 0.6) is 11.5 Å². The SMILES string of the molecule is CCCNCc1cccc(Oc2cccc(Cl)c2)c1. The molecule has 19 heavy (non-hydrogen) atoms. The van der Waals surface area contributed by atoms with Gasteiger partial charge in [0.15, 0.2) is 0 Å². The maximum absolute atomic E-state index is 5.94. The lowest BCUT2D eigenvalue weighted by molar-refractivity contribution is 0.481. The molecule has 0 aromatic heterocycles. The largest absolute Gasteiger partial charge is 0.457 e. The van der Waals surface area contributed by atoms with Gasteiger partial charge in [-0.1, -0.05) is 36.7 Å². The summed E-state index contributed by atoms with van der Waals surface area (Å²) in [5.41, 5.74) is 1.22. The van der Waals surface area contributed by atoms with Crippen molar-refractivity contribution in [3.63, 3.8) is 0 Å². The second-order valence-electron chi connectivity index (χ2n) is 4.38. The summed E-state index contributed by atoms with van der Waals surface area (Å²) in [6, 6.07) is 15.5. The van der Waals surface area contributed by atoms with E-state index in [4.69, 9.17) is 16.3 Å². The van der Waals surface area contributed by atoms with Crippen molar-refractivity contribution >= 4 is 11.6 Å². The molecule has 2 aromatic rings. The van der Waals surface area contributed by atoms with Gasteiger partial charge in [0.1, 0.15) is 11.5 Å². The highest BCUT2D eigenvalue weighted by atomic mass is 35.5. The molecule has 100 valence electrons. The van der Waals surface area contributed by atoms with Crippen LogP contribution < -0.4 is 10.1 Å². The third-order valence-electron chi connectivity index (χ3n) is 2.69. The van der Waals surface area contributed by atoms with Crippen molar-refractivity contribution in [3.05, 3.63) is 59.1 Å². The molecule has 0 fully saturated rings. The number of hydrogen-bond acceptors (Lipinski definition) is 2. The zero-order valence-electron chi connectivity index (χ0n) is 11.0. The Morgan fingerprint density at radius 1 is 1.05 bits per heavy atom. The molecule has 0 aliphatic heterocycles. The Morgan fingerprint density at radius 3 is 2.53 bits per heavy atom. The third kappa shape index (κ3) is 4.58. The molecular formula is C16H18ClNO. The van der Waals surface area contributed by atoms with Crippen LogP contribution >= 0.6 is 11.6 Å². The molecule has 0 aliphatic rings. The van der Waals surface area contributed by atoms with Gasteiger partial charge in [-0.2, -0.15) is 0 Å². The molecule has 2 nitrogen and oxygen atoms in total. The molecule has 2 aromatic carbocycles. The van der Waals surface area contributed by atoms with Gasteiger partial charge < -0.3 is 10.1 Å². The van der Waals surface area contributed by atoms with E-state index >= 15 is 0 Å². The lowest BCUT2D eigenvalue weighted by Crippen LogP contribution is -2.13. The highest BCUT2D eigenvalue weighted by Gasteiger charge is 2.00. The minimum atomic E-state index is 0.679. The highest BCUT2D eigenvalue weighted by Crippen LogP contribution is 2.24. The summed E-state index contributed by atoms with van der Waals surface area (Å²) >= 11 is 5.94. The molecule has 0 heterocycles. The Balaban J connectivity index is 2.02. The van der Waals surface area contributed by atoms with Crippen LogP contribution in [0, 0.1) is 0 Å². The smallest absolute Gasteiger partial charge is 0.128 e. The third-order valence-corrected chi connectivity index (χ3v) is 2.92. The molecule has 0 bridgehead atoms. The lowest BCUT2D eigenvalue weighted by Gasteiger charge is -2.08. The van der Waals surface area contributed by atoms with Crippen molar-refractivity contribution in [2.45, 2.75) is 19.9 Å². The monoisotopic (exact) mass is 275 g/mol. The van der Waals surface area contributed by atoms with E-state index in [-0.39, 0.29) is 0 Å². The van der Waals surface area contributed by atoms with Gasteiger partial charge in [0, 0.05) is 11.6 Å². The van der Waals surface area contributed by atoms with E-state index in [9.17, 15) is 0 Å². The fourth-order valence-corrected chi connectivity index (χ4v) is 1.98. The molecule has 0 amide bonds. The first-order valence-corrected chi connectivity index (χ1v) is 6.89. The number of benzene rings is 2. The van der Waals surface area contributed by atoms with Crippen LogP contribution in [-0.4, -0.2) is 6.54 Å². The quantitative estimate of drug-likeness (QED) is 0.776. The van der Waals surface area contributed by atoms with Crippen molar-refractivity contribution in [3.8, 4) is 11.5 Å². The number of ether oxygens (including phenoxy) is 1. The first-order chi connectivity index (χ1) is 9.28. The summed E-state index contributed by atoms with van der Waals surface area (Å²) in [6.07, 6.45) is 1.14. The topological polar surface area (TPSA) is 21.3 Å². The Hall–Kier alpha value is -1.51. The van der Waals surface area contributed by atoms with Crippen molar-refractivity contribution in [1.82, 2.24) is 5.32 Å². The van der Waals surface area contributed by atoms with Crippen molar-refractivity contribution in [1.29, 1.82) is 0 Å². The van der Waals surface area contributed by atoms with Gasteiger partial charge in [-0.15, -0.1) is 0 Å². The number of halogens is 1. The second-order valence-corrected chi connectivity index (χ2v) is 4.82. The highest BCUT2D eigenvalue weighted by molar-refractivity contribution is 6.30. The van der Waals surface area contributed by atoms with E-state index in [0.717, 1.165) is 31.0 Å². The molecule has 2 rings (SSSR count). The summed E-state index contributed by atoms with van der Waals surface area (Å²) in [4.78, 5) is 0. The molecule has 0 spiro atoms. The van der Waals surface area contributed by atoms with Gasteiger partial charge in [0.25, 0.3) is 0 Å². The van der Waals surface area contributed by atoms with E-state index in [1.165, 1.54) is 5.56 Å². The lowest BCUT2D eigenvalue weighted by atomic mass is 10.2. The van der Waals surface area contributed by atoms with Gasteiger partial charge >= 0.3 is 0 Å². The van der Waals surface area contributed by atoms with Gasteiger partial charge in [-0.05, 0) is 48.9 Å². The summed E-state index contributed by atoms with van der Waals surface area (Å²) in [7, 11) is 0. The predicted octanol–water partition coefficient (Wildman–Crippen LogP) is 4.63. The summed E-state index contributed by atoms with van der Waals surface area (Å²) in [5, 5.41) is 4.05. The van der Waals surface area contributed by atoms with E-state index in [0.29, 0.717) is 5.02 Å². The number of hydrogen-bond donors (Lipinski definition) is 1. The number of rotatable bonds is 6. The van der Waals surface area contributed by atoms with Gasteiger partial charge in [-0.25, -0.2) is 0 Å². The molecule has 1 N–H and O–H groups in total. The fraction of sp³-hybridized carbons (Fsp3) is 0.250. The van der Waals surface area contributed by atoms with Crippen LogP contribution in [0.2, 0.25) is 5.02 Å². The molecule has 0 saturated heterocycles. The predicted molar refractivity (Wildman–Crippen MR) is 80.0 cm³/mol. The van der Waals surface area contributed by atoms with Crippen molar-refractivity contribution < 1.29 is 4.74 Å². The second kappa shape index (κ2) is 7.17. The van der Waals surface area contributed by atoms with Crippen molar-refractivity contribution in [2.75, 3.05) is 6.54 Å². The Bertz CT molecular complexity index is 528. The first-order valence-electron chi connectivity index (χ1n) is 6.51. The Kier molecular flexibility index (Phi) is 5.25. The Labute approximate surface area is 119 Å². The van der Waals surface area contributed by atoms with Crippen molar-refractivity contribution in [2.24, 2.45) is 0 Å². The van der Waals surface area contributed by atoms with Gasteiger partial charge in [-0.3, -0.25) is 0 Å². The normalized spacial score (nSPS) is 10.4. The zero-order chi connectivity index (χ0) is 13.5. The first kappa shape index (κ1) is 13.9. The van der Waals surface area contributed by atoms with Crippen LogP contribution in [0.25, 0.3) is 0 Å². The average molecular weight is 276 g/mol. The number of nitrogens with one attached hydrogen (secondary N) is 1.